The van der Waals surface area contributed by atoms with Crippen molar-refractivity contribution in [2.24, 2.45) is 11.8 Å². The minimum absolute atomic E-state index is 0.195. The standard InChI is InChI=1S/C24H32N4O5S/c1-17-14-24(2,3)28(15-17)22-19(6-5-11-25-22)23(29)27-34(30,31)21-8-4-7-20(26-21)33-16-18-9-12-32-13-10-18/h4-8,11,17-18H,9-10,12-16H2,1-3H3,(H,27,29). The molecule has 0 aliphatic carbocycles. The highest BCUT2D eigenvalue weighted by molar-refractivity contribution is 7.90. The van der Waals surface area contributed by atoms with Gasteiger partial charge in [-0.15, -0.1) is 0 Å². The summed E-state index contributed by atoms with van der Waals surface area (Å²) in [4.78, 5) is 23.7. The molecule has 2 aromatic rings. The molecule has 2 aliphatic rings. The molecule has 2 saturated heterocycles. The first-order chi connectivity index (χ1) is 16.2. The Bertz CT molecular complexity index is 1130. The van der Waals surface area contributed by atoms with Crippen LogP contribution in [0.5, 0.6) is 5.88 Å². The highest BCUT2D eigenvalue weighted by Gasteiger charge is 2.39. The summed E-state index contributed by atoms with van der Waals surface area (Å²) >= 11 is 0. The van der Waals surface area contributed by atoms with Gasteiger partial charge >= 0.3 is 0 Å². The molecule has 1 N–H and O–H groups in total. The highest BCUT2D eigenvalue weighted by Crippen LogP contribution is 2.37. The topological polar surface area (TPSA) is 111 Å². The largest absolute Gasteiger partial charge is 0.477 e. The second-order valence-corrected chi connectivity index (χ2v) is 11.4. The van der Waals surface area contributed by atoms with Gasteiger partial charge in [0.2, 0.25) is 5.88 Å². The van der Waals surface area contributed by atoms with Gasteiger partial charge in [-0.2, -0.15) is 13.4 Å². The number of anilines is 1. The first-order valence-corrected chi connectivity index (χ1v) is 13.1. The van der Waals surface area contributed by atoms with Crippen LogP contribution in [0.15, 0.2) is 41.6 Å². The Balaban J connectivity index is 1.49. The zero-order valence-electron chi connectivity index (χ0n) is 19.9. The SMILES string of the molecule is CC1CN(c2ncccc2C(=O)NS(=O)(=O)c2cccc(OCC3CCOCC3)n2)C(C)(C)C1. The summed E-state index contributed by atoms with van der Waals surface area (Å²) in [6, 6.07) is 7.71. The second-order valence-electron chi connectivity index (χ2n) is 9.72. The maximum Gasteiger partial charge on any atom is 0.281 e. The Labute approximate surface area is 200 Å². The van der Waals surface area contributed by atoms with E-state index in [0.717, 1.165) is 25.8 Å². The quantitative estimate of drug-likeness (QED) is 0.633. The van der Waals surface area contributed by atoms with Crippen molar-refractivity contribution in [2.45, 2.75) is 50.6 Å². The second kappa shape index (κ2) is 9.87. The fourth-order valence-corrected chi connectivity index (χ4v) is 5.65. The molecule has 2 aliphatic heterocycles. The molecule has 184 valence electrons. The lowest BCUT2D eigenvalue weighted by Gasteiger charge is -2.33. The molecule has 10 heteroatoms. The number of amides is 1. The summed E-state index contributed by atoms with van der Waals surface area (Å²) in [5.74, 6) is 0.721. The first kappa shape index (κ1) is 24.4. The van der Waals surface area contributed by atoms with E-state index in [1.165, 1.54) is 6.07 Å². The monoisotopic (exact) mass is 488 g/mol. The number of sulfonamides is 1. The van der Waals surface area contributed by atoms with Crippen molar-refractivity contribution in [3.63, 3.8) is 0 Å². The number of pyridine rings is 2. The Morgan fingerprint density at radius 1 is 1.24 bits per heavy atom. The van der Waals surface area contributed by atoms with Crippen LogP contribution in [-0.4, -0.2) is 56.2 Å². The lowest BCUT2D eigenvalue weighted by Crippen LogP contribution is -2.41. The number of nitrogens with zero attached hydrogens (tertiary/aromatic N) is 3. The molecule has 1 amide bonds. The molecule has 0 bridgehead atoms. The van der Waals surface area contributed by atoms with Crippen molar-refractivity contribution in [1.29, 1.82) is 0 Å². The minimum Gasteiger partial charge on any atom is -0.477 e. The normalized spacial score (nSPS) is 20.8. The fraction of sp³-hybridized carbons (Fsp3) is 0.542. The van der Waals surface area contributed by atoms with Crippen LogP contribution in [0.3, 0.4) is 0 Å². The summed E-state index contributed by atoms with van der Waals surface area (Å²) in [5, 5.41) is -0.272. The Kier molecular flexibility index (Phi) is 7.09. The van der Waals surface area contributed by atoms with E-state index in [1.54, 1.807) is 30.5 Å². The van der Waals surface area contributed by atoms with Crippen molar-refractivity contribution in [3.05, 3.63) is 42.1 Å². The van der Waals surface area contributed by atoms with E-state index in [0.29, 0.717) is 37.5 Å². The van der Waals surface area contributed by atoms with Crippen LogP contribution < -0.4 is 14.4 Å². The molecule has 0 spiro atoms. The van der Waals surface area contributed by atoms with Crippen LogP contribution in [0.2, 0.25) is 0 Å². The molecule has 2 fully saturated rings. The molecule has 9 nitrogen and oxygen atoms in total. The molecule has 1 atom stereocenters. The summed E-state index contributed by atoms with van der Waals surface area (Å²) in [7, 11) is -4.21. The predicted molar refractivity (Wildman–Crippen MR) is 127 cm³/mol. The smallest absolute Gasteiger partial charge is 0.281 e. The molecule has 0 aromatic carbocycles. The third-order valence-electron chi connectivity index (χ3n) is 6.37. The molecular formula is C24H32N4O5S. The number of rotatable bonds is 7. The zero-order valence-corrected chi connectivity index (χ0v) is 20.7. The number of carbonyl (C=O) groups is 1. The minimum atomic E-state index is -4.21. The van der Waals surface area contributed by atoms with Crippen LogP contribution in [0.1, 0.15) is 50.4 Å². The van der Waals surface area contributed by atoms with Gasteiger partial charge in [0.05, 0.1) is 12.2 Å². The van der Waals surface area contributed by atoms with E-state index in [1.807, 2.05) is 0 Å². The maximum atomic E-state index is 13.1. The van der Waals surface area contributed by atoms with Gasteiger partial charge in [-0.3, -0.25) is 4.79 Å². The van der Waals surface area contributed by atoms with Crippen LogP contribution in [0.4, 0.5) is 5.82 Å². The number of aromatic nitrogens is 2. The van der Waals surface area contributed by atoms with Gasteiger partial charge in [-0.25, -0.2) is 9.71 Å². The highest BCUT2D eigenvalue weighted by atomic mass is 32.2. The Morgan fingerprint density at radius 3 is 2.71 bits per heavy atom. The molecule has 4 rings (SSSR count). The molecule has 0 radical (unpaired) electrons. The van der Waals surface area contributed by atoms with Crippen molar-refractivity contribution >= 4 is 21.7 Å². The average Bonchev–Trinajstić information content (AvgIpc) is 3.10. The van der Waals surface area contributed by atoms with Gasteiger partial charge in [0.25, 0.3) is 15.9 Å². The molecule has 34 heavy (non-hydrogen) atoms. The van der Waals surface area contributed by atoms with E-state index < -0.39 is 15.9 Å². The first-order valence-electron chi connectivity index (χ1n) is 11.6. The van der Waals surface area contributed by atoms with E-state index >= 15 is 0 Å². The van der Waals surface area contributed by atoms with Gasteiger partial charge in [0.15, 0.2) is 5.03 Å². The van der Waals surface area contributed by atoms with Gasteiger partial charge in [-0.05, 0) is 63.1 Å². The average molecular weight is 489 g/mol. The summed E-state index contributed by atoms with van der Waals surface area (Å²) < 4.78 is 39.2. The van der Waals surface area contributed by atoms with Crippen LogP contribution in [0, 0.1) is 11.8 Å². The molecule has 2 aromatic heterocycles. The van der Waals surface area contributed by atoms with Gasteiger partial charge in [0, 0.05) is 37.6 Å². The summed E-state index contributed by atoms with van der Waals surface area (Å²) in [5.41, 5.74) is 0.0134. The van der Waals surface area contributed by atoms with Gasteiger partial charge < -0.3 is 14.4 Å². The zero-order chi connectivity index (χ0) is 24.3. The number of carbonyl (C=O) groups excluding carboxylic acids is 1. The van der Waals surface area contributed by atoms with Crippen molar-refractivity contribution in [1.82, 2.24) is 14.7 Å². The number of hydrogen-bond donors (Lipinski definition) is 1. The van der Waals surface area contributed by atoms with Crippen LogP contribution in [0.25, 0.3) is 0 Å². The maximum absolute atomic E-state index is 13.1. The molecule has 4 heterocycles. The number of hydrogen-bond acceptors (Lipinski definition) is 8. The van der Waals surface area contributed by atoms with Crippen LogP contribution >= 0.6 is 0 Å². The fourth-order valence-electron chi connectivity index (χ4n) is 4.72. The predicted octanol–water partition coefficient (Wildman–Crippen LogP) is 3.03. The van der Waals surface area contributed by atoms with Crippen molar-refractivity contribution in [3.8, 4) is 5.88 Å². The van der Waals surface area contributed by atoms with E-state index in [4.69, 9.17) is 9.47 Å². The van der Waals surface area contributed by atoms with Gasteiger partial charge in [-0.1, -0.05) is 13.0 Å². The lowest BCUT2D eigenvalue weighted by molar-refractivity contribution is 0.0489. The third-order valence-corrected chi connectivity index (χ3v) is 7.60. The van der Waals surface area contributed by atoms with Crippen molar-refractivity contribution < 1.29 is 22.7 Å². The lowest BCUT2D eigenvalue weighted by atomic mass is 9.97. The van der Waals surface area contributed by atoms with Gasteiger partial charge in [0.1, 0.15) is 5.82 Å². The molecule has 1 unspecified atom stereocenters. The summed E-state index contributed by atoms with van der Waals surface area (Å²) in [6.45, 7) is 8.92. The molecular weight excluding hydrogens is 456 g/mol. The number of ether oxygens (including phenoxy) is 2. The van der Waals surface area contributed by atoms with E-state index in [2.05, 4.69) is 40.4 Å². The Morgan fingerprint density at radius 2 is 2.00 bits per heavy atom. The molecule has 0 saturated carbocycles. The Hall–Kier alpha value is -2.72. The summed E-state index contributed by atoms with van der Waals surface area (Å²) in [6.07, 6.45) is 4.36. The van der Waals surface area contributed by atoms with Crippen LogP contribution in [-0.2, 0) is 14.8 Å². The van der Waals surface area contributed by atoms with E-state index in [9.17, 15) is 13.2 Å². The third kappa shape index (κ3) is 5.50. The number of nitrogens with one attached hydrogen (secondary N) is 1. The van der Waals surface area contributed by atoms with Crippen molar-refractivity contribution in [2.75, 3.05) is 31.3 Å². The van der Waals surface area contributed by atoms with E-state index in [-0.39, 0.29) is 22.0 Å².